The lowest BCUT2D eigenvalue weighted by atomic mass is 9.79. The summed E-state index contributed by atoms with van der Waals surface area (Å²) in [5.41, 5.74) is 1.42. The minimum Gasteiger partial charge on any atom is -0.466 e. The molecule has 0 bridgehead atoms. The Bertz CT molecular complexity index is 1250. The third-order valence-electron chi connectivity index (χ3n) is 9.22. The summed E-state index contributed by atoms with van der Waals surface area (Å²) in [5.74, 6) is -1.24. The van der Waals surface area contributed by atoms with Crippen LogP contribution in [0.4, 0.5) is 0 Å². The molecule has 0 aromatic heterocycles. The van der Waals surface area contributed by atoms with Crippen LogP contribution >= 0.6 is 23.2 Å². The van der Waals surface area contributed by atoms with E-state index in [-0.39, 0.29) is 39.6 Å². The van der Waals surface area contributed by atoms with Crippen LogP contribution in [0.25, 0.3) is 0 Å². The van der Waals surface area contributed by atoms with Gasteiger partial charge in [0.05, 0.1) is 43.8 Å². The number of carbonyl (C=O) groups is 3. The van der Waals surface area contributed by atoms with E-state index in [4.69, 9.17) is 32.7 Å². The molecule has 2 N–H and O–H groups in total. The summed E-state index contributed by atoms with van der Waals surface area (Å²) >= 11 is 13.1. The molecule has 2 heterocycles. The van der Waals surface area contributed by atoms with Gasteiger partial charge in [-0.15, -0.1) is 0 Å². The lowest BCUT2D eigenvalue weighted by Gasteiger charge is -2.39. The van der Waals surface area contributed by atoms with Gasteiger partial charge in [-0.05, 0) is 56.6 Å². The number of amides is 1. The van der Waals surface area contributed by atoms with Crippen molar-refractivity contribution in [1.82, 2.24) is 15.1 Å². The lowest BCUT2D eigenvalue weighted by Crippen LogP contribution is -2.52. The van der Waals surface area contributed by atoms with Crippen molar-refractivity contribution < 1.29 is 29.0 Å². The van der Waals surface area contributed by atoms with Crippen LogP contribution in [0.3, 0.4) is 0 Å². The first-order chi connectivity index (χ1) is 19.6. The van der Waals surface area contributed by atoms with Crippen molar-refractivity contribution in [3.63, 3.8) is 0 Å². The van der Waals surface area contributed by atoms with E-state index in [0.717, 1.165) is 38.8 Å². The molecule has 4 aliphatic rings. The first-order valence-corrected chi connectivity index (χ1v) is 14.9. The first kappa shape index (κ1) is 29.9. The standard InChI is InChI=1S/C30H37Cl2N3O6/c1-16-25(29(38)40-2)28(26-21(31)5-4-6-22(26)32)27(30(39)41-3)23(33-16)15-24(37)35-9-7-34(8-10-35)19-11-17-13-20(36)14-18(17)12-19/h4-6,17-20,28,33,36H,7-15H2,1-3H3. The Kier molecular flexibility index (Phi) is 8.99. The molecule has 1 aromatic carbocycles. The van der Waals surface area contributed by atoms with E-state index in [1.807, 2.05) is 4.90 Å². The fraction of sp³-hybridized carbons (Fsp3) is 0.567. The molecule has 1 amide bonds. The van der Waals surface area contributed by atoms with Crippen molar-refractivity contribution in [1.29, 1.82) is 0 Å². The Morgan fingerprint density at radius 2 is 1.49 bits per heavy atom. The van der Waals surface area contributed by atoms with Crippen LogP contribution in [0.5, 0.6) is 0 Å². The fourth-order valence-corrected chi connectivity index (χ4v) is 7.91. The number of hydrogen-bond donors (Lipinski definition) is 2. The Labute approximate surface area is 250 Å². The van der Waals surface area contributed by atoms with Gasteiger partial charge < -0.3 is 24.8 Å². The Morgan fingerprint density at radius 3 is 2.05 bits per heavy atom. The van der Waals surface area contributed by atoms with Gasteiger partial charge in [-0.3, -0.25) is 9.69 Å². The summed E-state index contributed by atoms with van der Waals surface area (Å²) in [6.45, 7) is 4.46. The molecule has 222 valence electrons. The Morgan fingerprint density at radius 1 is 0.927 bits per heavy atom. The quantitative estimate of drug-likeness (QED) is 0.473. The summed E-state index contributed by atoms with van der Waals surface area (Å²) in [6, 6.07) is 5.45. The maximum Gasteiger partial charge on any atom is 0.336 e. The number of hydrogen-bond acceptors (Lipinski definition) is 8. The average molecular weight is 607 g/mol. The number of carbonyl (C=O) groups excluding carboxylic acids is 3. The zero-order valence-electron chi connectivity index (χ0n) is 23.6. The van der Waals surface area contributed by atoms with E-state index in [9.17, 15) is 19.5 Å². The van der Waals surface area contributed by atoms with E-state index in [1.54, 1.807) is 25.1 Å². The SMILES string of the molecule is COC(=O)C1=C(C)NC(CC(=O)N2CCN(C3CC4CC(O)CC4C3)CC2)=C(C(=O)OC)C1c1c(Cl)cccc1Cl. The van der Waals surface area contributed by atoms with E-state index >= 15 is 0 Å². The number of benzene rings is 1. The minimum atomic E-state index is -0.989. The summed E-state index contributed by atoms with van der Waals surface area (Å²) in [6.07, 6.45) is 3.84. The van der Waals surface area contributed by atoms with E-state index in [1.165, 1.54) is 14.2 Å². The second-order valence-corrected chi connectivity index (χ2v) is 12.3. The molecule has 0 spiro atoms. The molecule has 0 radical (unpaired) electrons. The summed E-state index contributed by atoms with van der Waals surface area (Å²) in [7, 11) is 2.51. The number of piperazine rings is 1. The van der Waals surface area contributed by atoms with Crippen molar-refractivity contribution in [2.75, 3.05) is 40.4 Å². The Hall–Kier alpha value is -2.59. The van der Waals surface area contributed by atoms with Gasteiger partial charge >= 0.3 is 11.9 Å². The zero-order chi connectivity index (χ0) is 29.4. The molecular formula is C30H37Cl2N3O6. The highest BCUT2D eigenvalue weighted by Gasteiger charge is 2.44. The van der Waals surface area contributed by atoms with Crippen LogP contribution in [-0.2, 0) is 23.9 Å². The number of aliphatic hydroxyl groups is 1. The van der Waals surface area contributed by atoms with Crippen LogP contribution < -0.4 is 5.32 Å². The maximum atomic E-state index is 13.6. The highest BCUT2D eigenvalue weighted by atomic mass is 35.5. The van der Waals surface area contributed by atoms with Crippen molar-refractivity contribution >= 4 is 41.0 Å². The molecule has 1 aromatic rings. The van der Waals surface area contributed by atoms with E-state index in [2.05, 4.69) is 10.2 Å². The number of halogens is 2. The number of allylic oxidation sites excluding steroid dienone is 1. The molecular weight excluding hydrogens is 569 g/mol. The molecule has 3 fully saturated rings. The van der Waals surface area contributed by atoms with Gasteiger partial charge in [-0.1, -0.05) is 29.3 Å². The maximum absolute atomic E-state index is 13.6. The number of fused-ring (bicyclic) bond motifs is 1. The number of rotatable bonds is 6. The van der Waals surface area contributed by atoms with Crippen molar-refractivity contribution in [2.45, 2.75) is 57.1 Å². The van der Waals surface area contributed by atoms with Crippen LogP contribution in [-0.4, -0.2) is 85.3 Å². The van der Waals surface area contributed by atoms with Crippen molar-refractivity contribution in [2.24, 2.45) is 11.8 Å². The summed E-state index contributed by atoms with van der Waals surface area (Å²) in [4.78, 5) is 44.1. The molecule has 11 heteroatoms. The molecule has 2 aliphatic carbocycles. The van der Waals surface area contributed by atoms with Gasteiger partial charge in [0, 0.05) is 59.2 Å². The number of dihydropyridines is 1. The molecule has 41 heavy (non-hydrogen) atoms. The van der Waals surface area contributed by atoms with Crippen LogP contribution in [0.2, 0.25) is 10.0 Å². The number of nitrogens with zero attached hydrogens (tertiary/aromatic N) is 2. The first-order valence-electron chi connectivity index (χ1n) is 14.1. The second kappa shape index (κ2) is 12.3. The summed E-state index contributed by atoms with van der Waals surface area (Å²) in [5, 5.41) is 13.6. The van der Waals surface area contributed by atoms with Gasteiger partial charge in [-0.2, -0.15) is 0 Å². The summed E-state index contributed by atoms with van der Waals surface area (Å²) < 4.78 is 10.2. The van der Waals surface area contributed by atoms with Crippen molar-refractivity contribution in [3.8, 4) is 0 Å². The van der Waals surface area contributed by atoms with Crippen LogP contribution in [0, 0.1) is 11.8 Å². The van der Waals surface area contributed by atoms with Gasteiger partial charge in [0.2, 0.25) is 5.91 Å². The highest BCUT2D eigenvalue weighted by Crippen LogP contribution is 2.47. The highest BCUT2D eigenvalue weighted by molar-refractivity contribution is 6.36. The van der Waals surface area contributed by atoms with E-state index in [0.29, 0.717) is 47.9 Å². The van der Waals surface area contributed by atoms with Gasteiger partial charge in [-0.25, -0.2) is 9.59 Å². The minimum absolute atomic E-state index is 0.0831. The normalized spacial score (nSPS) is 28.4. The van der Waals surface area contributed by atoms with Crippen LogP contribution in [0.1, 0.15) is 50.5 Å². The largest absolute Gasteiger partial charge is 0.466 e. The zero-order valence-corrected chi connectivity index (χ0v) is 25.1. The molecule has 1 saturated heterocycles. The number of esters is 2. The molecule has 9 nitrogen and oxygen atoms in total. The second-order valence-electron chi connectivity index (χ2n) is 11.5. The third-order valence-corrected chi connectivity index (χ3v) is 9.88. The van der Waals surface area contributed by atoms with E-state index < -0.39 is 17.9 Å². The number of methoxy groups -OCH3 is 2. The fourth-order valence-electron chi connectivity index (χ4n) is 7.29. The van der Waals surface area contributed by atoms with Gasteiger partial charge in [0.1, 0.15) is 0 Å². The van der Waals surface area contributed by atoms with Crippen molar-refractivity contribution in [3.05, 3.63) is 56.3 Å². The Balaban J connectivity index is 1.37. The molecule has 2 aliphatic heterocycles. The average Bonchev–Trinajstić information content (AvgIpc) is 3.50. The number of nitrogens with one attached hydrogen (secondary N) is 1. The topological polar surface area (TPSA) is 108 Å². The smallest absolute Gasteiger partial charge is 0.336 e. The molecule has 2 saturated carbocycles. The monoisotopic (exact) mass is 605 g/mol. The number of ether oxygens (including phenoxy) is 2. The van der Waals surface area contributed by atoms with Crippen LogP contribution in [0.15, 0.2) is 40.7 Å². The molecule has 3 unspecified atom stereocenters. The van der Waals surface area contributed by atoms with Gasteiger partial charge in [0.25, 0.3) is 0 Å². The predicted molar refractivity (Wildman–Crippen MR) is 154 cm³/mol. The molecule has 5 rings (SSSR count). The predicted octanol–water partition coefficient (Wildman–Crippen LogP) is 3.64. The molecule has 3 atom stereocenters. The lowest BCUT2D eigenvalue weighted by molar-refractivity contribution is -0.137. The third kappa shape index (κ3) is 5.87. The van der Waals surface area contributed by atoms with Gasteiger partial charge in [0.15, 0.2) is 0 Å². The number of aliphatic hydroxyl groups excluding tert-OH is 1.